The zero-order valence-corrected chi connectivity index (χ0v) is 13.8. The van der Waals surface area contributed by atoms with E-state index in [2.05, 4.69) is 39.6 Å². The number of rotatable bonds is 3. The van der Waals surface area contributed by atoms with Gasteiger partial charge in [-0.15, -0.1) is 0 Å². The molecule has 0 saturated carbocycles. The van der Waals surface area contributed by atoms with Crippen LogP contribution in [0, 0.1) is 5.92 Å². The van der Waals surface area contributed by atoms with Crippen LogP contribution < -0.4 is 0 Å². The molecule has 1 aromatic carbocycles. The normalized spacial score (nSPS) is 19.2. The predicted octanol–water partition coefficient (Wildman–Crippen LogP) is 4.64. The van der Waals surface area contributed by atoms with Crippen LogP contribution in [0.3, 0.4) is 0 Å². The first-order chi connectivity index (χ1) is 9.40. The summed E-state index contributed by atoms with van der Waals surface area (Å²) in [4.78, 5) is 2.50. The van der Waals surface area contributed by atoms with Crippen LogP contribution in [-0.2, 0) is 0 Å². The van der Waals surface area contributed by atoms with Crippen molar-refractivity contribution in [2.24, 2.45) is 5.92 Å². The van der Waals surface area contributed by atoms with E-state index < -0.39 is 0 Å². The lowest BCUT2D eigenvalue weighted by molar-refractivity contribution is 0.272. The van der Waals surface area contributed by atoms with Gasteiger partial charge in [0.05, 0.1) is 0 Å². The number of aromatic hydroxyl groups is 1. The Hall–Kier alpha value is -1.02. The summed E-state index contributed by atoms with van der Waals surface area (Å²) in [6.45, 7) is 10.2. The molecule has 0 unspecified atom stereocenters. The van der Waals surface area contributed by atoms with E-state index in [0.717, 1.165) is 12.0 Å². The first-order valence-electron chi connectivity index (χ1n) is 7.89. The molecule has 0 spiro atoms. The minimum Gasteiger partial charge on any atom is -0.508 e. The van der Waals surface area contributed by atoms with Crippen LogP contribution in [0.2, 0.25) is 0 Å². The zero-order valence-electron chi connectivity index (χ0n) is 13.8. The minimum atomic E-state index is 0.337. The molecule has 1 aromatic rings. The molecule has 1 aliphatic rings. The van der Waals surface area contributed by atoms with Crippen LogP contribution >= 0.6 is 0 Å². The van der Waals surface area contributed by atoms with Crippen molar-refractivity contribution in [3.63, 3.8) is 0 Å². The molecule has 1 fully saturated rings. The molecule has 20 heavy (non-hydrogen) atoms. The second-order valence-corrected chi connectivity index (χ2v) is 6.65. The number of phenols is 1. The zero-order chi connectivity index (χ0) is 15.1. The molecule has 0 aromatic heterocycles. The molecule has 114 valence electrons. The second kappa shape index (κ2) is 8.31. The molecule has 0 amide bonds. The summed E-state index contributed by atoms with van der Waals surface area (Å²) in [6.07, 6.45) is 4.22. The Kier molecular flexibility index (Phi) is 7.08. The van der Waals surface area contributed by atoms with E-state index in [0.29, 0.717) is 11.7 Å². The first kappa shape index (κ1) is 17.0. The van der Waals surface area contributed by atoms with Gasteiger partial charge in [-0.05, 0) is 62.4 Å². The predicted molar refractivity (Wildman–Crippen MR) is 87.3 cm³/mol. The summed E-state index contributed by atoms with van der Waals surface area (Å²) in [6, 6.07) is 8.21. The van der Waals surface area contributed by atoms with Crippen molar-refractivity contribution >= 4 is 0 Å². The Balaban J connectivity index is 0.000000200. The van der Waals surface area contributed by atoms with Gasteiger partial charge in [-0.1, -0.05) is 39.8 Å². The molecule has 1 N–H and O–H groups in total. The fourth-order valence-electron chi connectivity index (χ4n) is 2.68. The SMILES string of the molecule is CC(C)C[C@H]1CCCN1C.CC(C)c1ccc(O)cc1. The average Bonchev–Trinajstić information content (AvgIpc) is 2.75. The number of likely N-dealkylation sites (tertiary alicyclic amines) is 1. The highest BCUT2D eigenvalue weighted by atomic mass is 16.3. The second-order valence-electron chi connectivity index (χ2n) is 6.65. The van der Waals surface area contributed by atoms with Gasteiger partial charge >= 0.3 is 0 Å². The molecule has 2 heteroatoms. The van der Waals surface area contributed by atoms with Gasteiger partial charge in [-0.25, -0.2) is 0 Å². The highest BCUT2D eigenvalue weighted by Gasteiger charge is 2.20. The molecular formula is C18H31NO. The van der Waals surface area contributed by atoms with Crippen molar-refractivity contribution in [3.8, 4) is 5.75 Å². The van der Waals surface area contributed by atoms with E-state index in [4.69, 9.17) is 5.11 Å². The monoisotopic (exact) mass is 277 g/mol. The maximum Gasteiger partial charge on any atom is 0.115 e. The first-order valence-corrected chi connectivity index (χ1v) is 7.89. The Morgan fingerprint density at radius 1 is 1.15 bits per heavy atom. The molecule has 0 aliphatic carbocycles. The Labute approximate surface area is 124 Å². The van der Waals surface area contributed by atoms with Crippen molar-refractivity contribution in [1.82, 2.24) is 4.90 Å². The summed E-state index contributed by atoms with van der Waals surface area (Å²) in [5.74, 6) is 1.75. The Morgan fingerprint density at radius 2 is 1.75 bits per heavy atom. The van der Waals surface area contributed by atoms with Gasteiger partial charge in [0.15, 0.2) is 0 Å². The van der Waals surface area contributed by atoms with Crippen molar-refractivity contribution in [2.45, 2.75) is 58.9 Å². The van der Waals surface area contributed by atoms with Crippen LogP contribution in [0.4, 0.5) is 0 Å². The van der Waals surface area contributed by atoms with Gasteiger partial charge in [0.1, 0.15) is 5.75 Å². The lowest BCUT2D eigenvalue weighted by Crippen LogP contribution is -2.25. The highest BCUT2D eigenvalue weighted by Crippen LogP contribution is 2.21. The molecule has 2 rings (SSSR count). The third-order valence-electron chi connectivity index (χ3n) is 3.97. The van der Waals surface area contributed by atoms with E-state index in [1.807, 2.05) is 12.1 Å². The summed E-state index contributed by atoms with van der Waals surface area (Å²) < 4.78 is 0. The van der Waals surface area contributed by atoms with Gasteiger partial charge in [-0.3, -0.25) is 0 Å². The average molecular weight is 277 g/mol. The van der Waals surface area contributed by atoms with Gasteiger partial charge in [0.25, 0.3) is 0 Å². The smallest absolute Gasteiger partial charge is 0.115 e. The molecule has 2 nitrogen and oxygen atoms in total. The summed E-state index contributed by atoms with van der Waals surface area (Å²) >= 11 is 0. The van der Waals surface area contributed by atoms with Gasteiger partial charge < -0.3 is 10.0 Å². The minimum absolute atomic E-state index is 0.337. The van der Waals surface area contributed by atoms with E-state index >= 15 is 0 Å². The van der Waals surface area contributed by atoms with E-state index in [1.54, 1.807) is 12.1 Å². The van der Waals surface area contributed by atoms with Crippen molar-refractivity contribution in [1.29, 1.82) is 0 Å². The van der Waals surface area contributed by atoms with E-state index in [9.17, 15) is 0 Å². The molecule has 0 bridgehead atoms. The Morgan fingerprint density at radius 3 is 2.15 bits per heavy atom. The number of phenolic OH excluding ortho intramolecular Hbond substituents is 1. The maximum absolute atomic E-state index is 8.94. The van der Waals surface area contributed by atoms with Gasteiger partial charge in [0.2, 0.25) is 0 Å². The summed E-state index contributed by atoms with van der Waals surface area (Å²) in [7, 11) is 2.25. The molecule has 0 radical (unpaired) electrons. The highest BCUT2D eigenvalue weighted by molar-refractivity contribution is 5.27. The summed E-state index contributed by atoms with van der Waals surface area (Å²) in [5, 5.41) is 8.94. The third-order valence-corrected chi connectivity index (χ3v) is 3.97. The van der Waals surface area contributed by atoms with Gasteiger partial charge in [0, 0.05) is 6.04 Å². The lowest BCUT2D eigenvalue weighted by atomic mass is 10.0. The largest absolute Gasteiger partial charge is 0.508 e. The quantitative estimate of drug-likeness (QED) is 0.870. The number of hydrogen-bond acceptors (Lipinski definition) is 2. The lowest BCUT2D eigenvalue weighted by Gasteiger charge is -2.20. The van der Waals surface area contributed by atoms with E-state index in [-0.39, 0.29) is 0 Å². The number of hydrogen-bond donors (Lipinski definition) is 1. The van der Waals surface area contributed by atoms with Gasteiger partial charge in [-0.2, -0.15) is 0 Å². The molecular weight excluding hydrogens is 246 g/mol. The molecule has 1 aliphatic heterocycles. The van der Waals surface area contributed by atoms with Crippen molar-refractivity contribution in [2.75, 3.05) is 13.6 Å². The Bertz CT molecular complexity index is 370. The topological polar surface area (TPSA) is 23.5 Å². The molecule has 1 heterocycles. The fraction of sp³-hybridized carbons (Fsp3) is 0.667. The van der Waals surface area contributed by atoms with E-state index in [1.165, 1.54) is 31.4 Å². The van der Waals surface area contributed by atoms with Crippen LogP contribution in [0.1, 0.15) is 58.4 Å². The molecule has 1 atom stereocenters. The van der Waals surface area contributed by atoms with Crippen LogP contribution in [0.5, 0.6) is 5.75 Å². The molecule has 1 saturated heterocycles. The fourth-order valence-corrected chi connectivity index (χ4v) is 2.68. The van der Waals surface area contributed by atoms with Crippen LogP contribution in [-0.4, -0.2) is 29.6 Å². The van der Waals surface area contributed by atoms with Crippen molar-refractivity contribution < 1.29 is 5.11 Å². The number of benzene rings is 1. The van der Waals surface area contributed by atoms with Crippen molar-refractivity contribution in [3.05, 3.63) is 29.8 Å². The maximum atomic E-state index is 8.94. The number of nitrogens with zero attached hydrogens (tertiary/aromatic N) is 1. The standard InChI is InChI=1S/C9H19N.C9H12O/c1-8(2)7-9-5-4-6-10(9)3;1-7(2)8-3-5-9(10)6-4-8/h8-9H,4-7H2,1-3H3;3-7,10H,1-2H3/t9-;/m1./s1. The third kappa shape index (κ3) is 5.96. The summed E-state index contributed by atoms with van der Waals surface area (Å²) in [5.41, 5.74) is 1.26. The van der Waals surface area contributed by atoms with Crippen LogP contribution in [0.25, 0.3) is 0 Å². The van der Waals surface area contributed by atoms with Crippen LogP contribution in [0.15, 0.2) is 24.3 Å².